The van der Waals surface area contributed by atoms with Crippen molar-refractivity contribution in [3.05, 3.63) is 143 Å². The van der Waals surface area contributed by atoms with Crippen LogP contribution in [0.15, 0.2) is 109 Å². The monoisotopic (exact) mass is 702 g/mol. The van der Waals surface area contributed by atoms with E-state index in [9.17, 15) is 9.59 Å². The highest BCUT2D eigenvalue weighted by Crippen LogP contribution is 2.31. The fourth-order valence-corrected chi connectivity index (χ4v) is 7.24. The van der Waals surface area contributed by atoms with Crippen LogP contribution >= 0.6 is 0 Å². The molecule has 8 heteroatoms. The maximum atomic E-state index is 13.5. The van der Waals surface area contributed by atoms with E-state index in [0.717, 1.165) is 106 Å². The minimum atomic E-state index is -0.373. The van der Waals surface area contributed by atoms with Gasteiger partial charge in [0.05, 0.1) is 22.1 Å². The summed E-state index contributed by atoms with van der Waals surface area (Å²) in [6.07, 6.45) is 5.92. The molecule has 2 amide bonds. The summed E-state index contributed by atoms with van der Waals surface area (Å²) in [4.78, 5) is 36.7. The largest absolute Gasteiger partial charge is 0.327 e. The molecule has 0 spiro atoms. The van der Waals surface area contributed by atoms with Crippen molar-refractivity contribution in [2.75, 3.05) is 0 Å². The summed E-state index contributed by atoms with van der Waals surface area (Å²) in [6, 6.07) is 36.0. The fraction of sp³-hybridized carbons (Fsp3) is 0.244. The first kappa shape index (κ1) is 35.4. The Morgan fingerprint density at radius 3 is 2.13 bits per heavy atom. The summed E-state index contributed by atoms with van der Waals surface area (Å²) in [5, 5.41) is 0. The molecular weight excluding hydrogens is 657 g/mol. The predicted octanol–water partition coefficient (Wildman–Crippen LogP) is 9.37. The van der Waals surface area contributed by atoms with Gasteiger partial charge in [0.2, 0.25) is 0 Å². The van der Waals surface area contributed by atoms with Gasteiger partial charge in [-0.25, -0.2) is 9.97 Å². The Balaban J connectivity index is 1.12. The standard InChI is InChI=1S/C45H46N6O2/c1-5-7-8-16-32-17-9-10-19-36(32)44(52)48-49-45(53)37-20-12-11-18-35(37)33-25-23-31(24-26-33)29-51-40-28-34(27-30(3)42(40)47-41(51)15-6-2)43-46-38-21-13-14-22-39(38)50(43)4/h9-14,17-28H,5-8,15-16,29H2,1-4H3,(H,48,52)(H,49,53). The third kappa shape index (κ3) is 7.35. The second kappa shape index (κ2) is 15.7. The number of nitrogens with one attached hydrogen (secondary N) is 2. The molecule has 0 saturated carbocycles. The first-order valence-corrected chi connectivity index (χ1v) is 18.6. The minimum Gasteiger partial charge on any atom is -0.327 e. The van der Waals surface area contributed by atoms with Gasteiger partial charge >= 0.3 is 0 Å². The number of hydrazine groups is 1. The molecule has 7 aromatic rings. The number of aromatic nitrogens is 4. The Bertz CT molecular complexity index is 2420. The molecule has 0 aliphatic heterocycles. The molecule has 7 rings (SSSR count). The number of benzene rings is 5. The highest BCUT2D eigenvalue weighted by molar-refractivity contribution is 6.03. The fourth-order valence-electron chi connectivity index (χ4n) is 7.24. The Morgan fingerprint density at radius 2 is 1.38 bits per heavy atom. The number of aryl methyl sites for hydroxylation is 4. The highest BCUT2D eigenvalue weighted by atomic mass is 16.2. The highest BCUT2D eigenvalue weighted by Gasteiger charge is 2.19. The third-order valence-electron chi connectivity index (χ3n) is 10.0. The van der Waals surface area contributed by atoms with Crippen LogP contribution in [0.1, 0.15) is 82.8 Å². The zero-order valence-electron chi connectivity index (χ0n) is 30.9. The van der Waals surface area contributed by atoms with Crippen LogP contribution in [0.25, 0.3) is 44.6 Å². The Labute approximate surface area is 310 Å². The molecule has 268 valence electrons. The van der Waals surface area contributed by atoms with Crippen molar-refractivity contribution >= 4 is 33.9 Å². The van der Waals surface area contributed by atoms with Gasteiger partial charge < -0.3 is 9.13 Å². The van der Waals surface area contributed by atoms with E-state index in [1.54, 1.807) is 12.1 Å². The van der Waals surface area contributed by atoms with Crippen molar-refractivity contribution in [1.29, 1.82) is 0 Å². The van der Waals surface area contributed by atoms with Crippen LogP contribution in [0.4, 0.5) is 0 Å². The summed E-state index contributed by atoms with van der Waals surface area (Å²) < 4.78 is 4.49. The van der Waals surface area contributed by atoms with E-state index in [1.165, 1.54) is 0 Å². The molecule has 0 fully saturated rings. The summed E-state index contributed by atoms with van der Waals surface area (Å²) >= 11 is 0. The minimum absolute atomic E-state index is 0.322. The van der Waals surface area contributed by atoms with Gasteiger partial charge in [-0.2, -0.15) is 0 Å². The Kier molecular flexibility index (Phi) is 10.5. The average Bonchev–Trinajstić information content (AvgIpc) is 3.71. The molecule has 2 N–H and O–H groups in total. The number of hydrogen-bond acceptors (Lipinski definition) is 4. The van der Waals surface area contributed by atoms with E-state index in [0.29, 0.717) is 17.7 Å². The molecule has 8 nitrogen and oxygen atoms in total. The first-order chi connectivity index (χ1) is 25.9. The zero-order valence-corrected chi connectivity index (χ0v) is 30.9. The van der Waals surface area contributed by atoms with E-state index in [-0.39, 0.29) is 11.8 Å². The lowest BCUT2D eigenvalue weighted by molar-refractivity contribution is 0.0846. The van der Waals surface area contributed by atoms with Crippen molar-refractivity contribution in [3.8, 4) is 22.5 Å². The number of imidazole rings is 2. The summed E-state index contributed by atoms with van der Waals surface area (Å²) in [7, 11) is 2.07. The van der Waals surface area contributed by atoms with Crippen molar-refractivity contribution < 1.29 is 9.59 Å². The molecule has 5 aromatic carbocycles. The van der Waals surface area contributed by atoms with Crippen molar-refractivity contribution in [1.82, 2.24) is 30.0 Å². The van der Waals surface area contributed by atoms with Gasteiger partial charge in [0, 0.05) is 36.7 Å². The molecule has 0 aliphatic rings. The van der Waals surface area contributed by atoms with E-state index in [1.807, 2.05) is 48.5 Å². The number of carbonyl (C=O) groups excluding carboxylic acids is 2. The van der Waals surface area contributed by atoms with E-state index >= 15 is 0 Å². The second-order valence-corrected chi connectivity index (χ2v) is 13.8. The molecule has 0 atom stereocenters. The van der Waals surface area contributed by atoms with E-state index < -0.39 is 0 Å². The van der Waals surface area contributed by atoms with E-state index in [2.05, 4.69) is 96.3 Å². The number of hydrogen-bond donors (Lipinski definition) is 2. The SMILES string of the molecule is CCCCCc1ccccc1C(=O)NNC(=O)c1ccccc1-c1ccc(Cn2c(CCC)nc3c(C)cc(-c4nc5ccccc5n4C)cc32)cc1. The molecule has 53 heavy (non-hydrogen) atoms. The number of fused-ring (bicyclic) bond motifs is 2. The number of rotatable bonds is 12. The molecule has 2 heterocycles. The normalized spacial score (nSPS) is 11.3. The number of amides is 2. The molecule has 2 aromatic heterocycles. The van der Waals surface area contributed by atoms with Gasteiger partial charge in [-0.05, 0) is 90.4 Å². The van der Waals surface area contributed by atoms with Gasteiger partial charge in [-0.15, -0.1) is 0 Å². The number of unbranched alkanes of at least 4 members (excludes halogenated alkanes) is 2. The van der Waals surface area contributed by atoms with Crippen LogP contribution in [0.5, 0.6) is 0 Å². The molecule has 0 aliphatic carbocycles. The van der Waals surface area contributed by atoms with E-state index in [4.69, 9.17) is 9.97 Å². The molecular formula is C45H46N6O2. The number of para-hydroxylation sites is 2. The van der Waals surface area contributed by atoms with Crippen LogP contribution < -0.4 is 10.9 Å². The lowest BCUT2D eigenvalue weighted by Gasteiger charge is -2.14. The Morgan fingerprint density at radius 1 is 0.679 bits per heavy atom. The summed E-state index contributed by atoms with van der Waals surface area (Å²) in [6.45, 7) is 7.13. The maximum absolute atomic E-state index is 13.5. The van der Waals surface area contributed by atoms with Gasteiger partial charge in [-0.3, -0.25) is 20.4 Å². The van der Waals surface area contributed by atoms with Gasteiger partial charge in [0.1, 0.15) is 11.6 Å². The van der Waals surface area contributed by atoms with Crippen molar-refractivity contribution in [2.45, 2.75) is 65.8 Å². The second-order valence-electron chi connectivity index (χ2n) is 13.8. The molecule has 0 bridgehead atoms. The lowest BCUT2D eigenvalue weighted by Crippen LogP contribution is -2.42. The van der Waals surface area contributed by atoms with Crippen LogP contribution in [0.3, 0.4) is 0 Å². The molecule has 0 saturated heterocycles. The smallest absolute Gasteiger partial charge is 0.270 e. The van der Waals surface area contributed by atoms with Gasteiger partial charge in [-0.1, -0.05) is 99.5 Å². The zero-order chi connectivity index (χ0) is 36.9. The van der Waals surface area contributed by atoms with Gasteiger partial charge in [0.25, 0.3) is 11.8 Å². The lowest BCUT2D eigenvalue weighted by atomic mass is 9.98. The van der Waals surface area contributed by atoms with Crippen molar-refractivity contribution in [2.24, 2.45) is 7.05 Å². The maximum Gasteiger partial charge on any atom is 0.270 e. The topological polar surface area (TPSA) is 93.8 Å². The van der Waals surface area contributed by atoms with Crippen LogP contribution in [-0.2, 0) is 26.4 Å². The van der Waals surface area contributed by atoms with Crippen LogP contribution in [0.2, 0.25) is 0 Å². The first-order valence-electron chi connectivity index (χ1n) is 18.6. The average molecular weight is 703 g/mol. The number of carbonyl (C=O) groups is 2. The number of nitrogens with zero attached hydrogens (tertiary/aromatic N) is 4. The summed E-state index contributed by atoms with van der Waals surface area (Å²) in [5.74, 6) is 1.30. The van der Waals surface area contributed by atoms with Crippen LogP contribution in [-0.4, -0.2) is 30.9 Å². The quantitative estimate of drug-likeness (QED) is 0.0980. The molecule has 0 unspecified atom stereocenters. The predicted molar refractivity (Wildman–Crippen MR) is 214 cm³/mol. The van der Waals surface area contributed by atoms with Crippen LogP contribution in [0, 0.1) is 6.92 Å². The summed E-state index contributed by atoms with van der Waals surface area (Å²) in [5.41, 5.74) is 16.5. The Hall–Kier alpha value is -6.02. The third-order valence-corrected chi connectivity index (χ3v) is 10.0. The van der Waals surface area contributed by atoms with Gasteiger partial charge in [0.15, 0.2) is 0 Å². The molecule has 0 radical (unpaired) electrons. The van der Waals surface area contributed by atoms with Crippen molar-refractivity contribution in [3.63, 3.8) is 0 Å².